The summed E-state index contributed by atoms with van der Waals surface area (Å²) < 4.78 is 0. The molecule has 0 bridgehead atoms. The summed E-state index contributed by atoms with van der Waals surface area (Å²) in [6, 6.07) is 131. The zero-order valence-electron chi connectivity index (χ0n) is 60.5. The first-order valence-corrected chi connectivity index (χ1v) is 37.5. The van der Waals surface area contributed by atoms with Crippen LogP contribution >= 0.6 is 0 Å². The molecule has 0 saturated heterocycles. The van der Waals surface area contributed by atoms with E-state index in [1.165, 1.54) is 220 Å². The third-order valence-corrected chi connectivity index (χ3v) is 23.8. The van der Waals surface area contributed by atoms with Gasteiger partial charge in [-0.3, -0.25) is 0 Å². The van der Waals surface area contributed by atoms with Crippen molar-refractivity contribution >= 4 is 86.2 Å². The molecular weight excluding hydrogens is 1270 g/mol. The summed E-state index contributed by atoms with van der Waals surface area (Å²) in [6.07, 6.45) is 0. The maximum absolute atomic E-state index is 2.46. The van der Waals surface area contributed by atoms with E-state index < -0.39 is 0 Å². The van der Waals surface area contributed by atoms with E-state index in [-0.39, 0.29) is 10.8 Å². The van der Waals surface area contributed by atoms with Crippen LogP contribution in [0, 0.1) is 13.8 Å². The van der Waals surface area contributed by atoms with Gasteiger partial charge in [0.25, 0.3) is 0 Å². The van der Waals surface area contributed by atoms with Crippen LogP contribution in [-0.4, -0.2) is 0 Å². The molecule has 21 rings (SSSR count). The Morgan fingerprint density at radius 2 is 0.368 bits per heavy atom. The van der Waals surface area contributed by atoms with Gasteiger partial charge in [-0.1, -0.05) is 379 Å². The minimum Gasteiger partial charge on any atom is -0.0622 e. The van der Waals surface area contributed by atoms with Crippen molar-refractivity contribution in [3.63, 3.8) is 0 Å². The lowest BCUT2D eigenvalue weighted by molar-refractivity contribution is 0.660. The smallest absolute Gasteiger partial charge is 0.0158 e. The first-order valence-electron chi connectivity index (χ1n) is 37.5. The van der Waals surface area contributed by atoms with Gasteiger partial charge in [0.05, 0.1) is 0 Å². The molecule has 0 heteroatoms. The molecule has 2 aliphatic rings. The Labute approximate surface area is 619 Å². The predicted molar refractivity (Wildman–Crippen MR) is 456 cm³/mol. The van der Waals surface area contributed by atoms with Gasteiger partial charge in [0.2, 0.25) is 0 Å². The number of aryl methyl sites for hydroxylation is 2. The average molecular weight is 1350 g/mol. The third-order valence-electron chi connectivity index (χ3n) is 23.8. The Balaban J connectivity index is 0.000000141. The van der Waals surface area contributed by atoms with Crippen molar-refractivity contribution in [3.05, 3.63) is 385 Å². The van der Waals surface area contributed by atoms with Crippen LogP contribution in [0.4, 0.5) is 0 Å². The van der Waals surface area contributed by atoms with E-state index >= 15 is 0 Å². The van der Waals surface area contributed by atoms with Crippen molar-refractivity contribution in [3.8, 4) is 100 Å². The van der Waals surface area contributed by atoms with Crippen molar-refractivity contribution in [2.24, 2.45) is 0 Å². The van der Waals surface area contributed by atoms with Crippen LogP contribution < -0.4 is 0 Å². The Morgan fingerprint density at radius 1 is 0.151 bits per heavy atom. The second-order valence-corrected chi connectivity index (χ2v) is 30.5. The molecule has 0 radical (unpaired) electrons. The maximum atomic E-state index is 2.46. The summed E-state index contributed by atoms with van der Waals surface area (Å²) in [5.74, 6) is 0. The summed E-state index contributed by atoms with van der Waals surface area (Å²) in [5, 5.41) is 20.5. The third kappa shape index (κ3) is 9.67. The van der Waals surface area contributed by atoms with Gasteiger partial charge in [0, 0.05) is 10.8 Å². The second-order valence-electron chi connectivity index (χ2n) is 30.5. The zero-order chi connectivity index (χ0) is 71.1. The summed E-state index contributed by atoms with van der Waals surface area (Å²) in [6.45, 7) is 13.9. The molecule has 19 aromatic rings. The topological polar surface area (TPSA) is 0 Å². The fraction of sp³-hybridized carbons (Fsp3) is 0.0755. The van der Waals surface area contributed by atoms with Crippen LogP contribution in [0.2, 0.25) is 0 Å². The maximum Gasteiger partial charge on any atom is 0.0158 e. The summed E-state index contributed by atoms with van der Waals surface area (Å²) >= 11 is 0. The molecule has 0 aliphatic heterocycles. The van der Waals surface area contributed by atoms with Crippen molar-refractivity contribution < 1.29 is 0 Å². The standard InChI is InChI=1S/C56H40.C50H36/c1-35-25-31-47-49(33-35)55(39-30-32-51-48(34-39)40-17-13-14-24-50(40)56(51,2)3)46-23-12-11-22-45(46)54(47)38-28-26-37(27-29-38)53-43-20-9-7-18-41(43)52(36-15-5-4-6-16-36)42-19-8-10-21-44(42)53;1-31-25-27-41-43(29-31)47(33-26-28-45-42(30-33)34-17-13-14-24-44(34)50(45,2)3)37-20-9-12-23-40(37)49(41)48-38-21-10-7-18-35(38)46(32-15-5-4-6-16-32)36-19-8-11-22-39(36)48/h4-34H,1-3H3;4-30H,1-3H3. The van der Waals surface area contributed by atoms with Crippen LogP contribution in [0.5, 0.6) is 0 Å². The Morgan fingerprint density at radius 3 is 0.679 bits per heavy atom. The molecule has 0 aromatic heterocycles. The fourth-order valence-corrected chi connectivity index (χ4v) is 19.0. The molecule has 0 saturated carbocycles. The van der Waals surface area contributed by atoms with Gasteiger partial charge in [-0.2, -0.15) is 0 Å². The minimum absolute atomic E-state index is 0.0241. The van der Waals surface area contributed by atoms with Gasteiger partial charge in [-0.25, -0.2) is 0 Å². The van der Waals surface area contributed by atoms with E-state index in [4.69, 9.17) is 0 Å². The highest BCUT2D eigenvalue weighted by Gasteiger charge is 2.37. The molecule has 0 amide bonds. The van der Waals surface area contributed by atoms with Gasteiger partial charge in [-0.15, -0.1) is 0 Å². The van der Waals surface area contributed by atoms with E-state index in [1.54, 1.807) is 0 Å². The molecular formula is C106H76. The summed E-state index contributed by atoms with van der Waals surface area (Å²) in [5.41, 5.74) is 31.4. The monoisotopic (exact) mass is 1350 g/mol. The first kappa shape index (κ1) is 63.0. The predicted octanol–water partition coefficient (Wildman–Crippen LogP) is 29.5. The van der Waals surface area contributed by atoms with Crippen molar-refractivity contribution in [2.75, 3.05) is 0 Å². The normalized spacial score (nSPS) is 13.2. The quantitative estimate of drug-likeness (QED) is 0.140. The van der Waals surface area contributed by atoms with Crippen LogP contribution in [-0.2, 0) is 10.8 Å². The highest BCUT2D eigenvalue weighted by atomic mass is 14.4. The van der Waals surface area contributed by atoms with Crippen molar-refractivity contribution in [1.29, 1.82) is 0 Å². The van der Waals surface area contributed by atoms with Crippen LogP contribution in [0.1, 0.15) is 61.1 Å². The van der Waals surface area contributed by atoms with Crippen molar-refractivity contribution in [1.82, 2.24) is 0 Å². The van der Waals surface area contributed by atoms with Crippen LogP contribution in [0.25, 0.3) is 186 Å². The van der Waals surface area contributed by atoms with E-state index in [1.807, 2.05) is 0 Å². The number of hydrogen-bond acceptors (Lipinski definition) is 0. The zero-order valence-corrected chi connectivity index (χ0v) is 60.5. The van der Waals surface area contributed by atoms with Crippen LogP contribution in [0.3, 0.4) is 0 Å². The summed E-state index contributed by atoms with van der Waals surface area (Å²) in [7, 11) is 0. The highest BCUT2D eigenvalue weighted by molar-refractivity contribution is 6.31. The molecule has 500 valence electrons. The first-order chi connectivity index (χ1) is 52.0. The van der Waals surface area contributed by atoms with E-state index in [2.05, 4.69) is 393 Å². The molecule has 19 aromatic carbocycles. The van der Waals surface area contributed by atoms with Gasteiger partial charge in [0.1, 0.15) is 0 Å². The van der Waals surface area contributed by atoms with Gasteiger partial charge < -0.3 is 0 Å². The van der Waals surface area contributed by atoms with E-state index in [0.29, 0.717) is 0 Å². The highest BCUT2D eigenvalue weighted by Crippen LogP contribution is 2.56. The number of fused-ring (bicyclic) bond motifs is 14. The number of hydrogen-bond donors (Lipinski definition) is 0. The molecule has 0 heterocycles. The average Bonchev–Trinajstić information content (AvgIpc) is 1.03. The van der Waals surface area contributed by atoms with E-state index in [0.717, 1.165) is 0 Å². The second kappa shape index (κ2) is 24.5. The Hall–Kier alpha value is -12.7. The summed E-state index contributed by atoms with van der Waals surface area (Å²) in [4.78, 5) is 0. The van der Waals surface area contributed by atoms with Crippen molar-refractivity contribution in [2.45, 2.75) is 52.4 Å². The molecule has 0 spiro atoms. The largest absolute Gasteiger partial charge is 0.0622 e. The SMILES string of the molecule is Cc1ccc2c(-c3c4ccccc4c(-c4ccccc4)c4ccccc34)c3ccccc3c(-c3ccc4c(c3)-c3ccccc3C4(C)C)c2c1.Cc1ccc2c(-c3ccc(-c4c5ccccc5c(-c5ccccc5)c5ccccc45)cc3)c3ccccc3c(-c3ccc4c(c3)-c3ccccc3C4(C)C)c2c1. The van der Waals surface area contributed by atoms with E-state index in [9.17, 15) is 0 Å². The lowest BCUT2D eigenvalue weighted by Gasteiger charge is -2.23. The molecule has 2 aliphatic carbocycles. The minimum atomic E-state index is -0.0247. The molecule has 0 unspecified atom stereocenters. The van der Waals surface area contributed by atoms with Gasteiger partial charge >= 0.3 is 0 Å². The molecule has 0 nitrogen and oxygen atoms in total. The molecule has 0 fully saturated rings. The number of benzene rings is 19. The van der Waals surface area contributed by atoms with Gasteiger partial charge in [0.15, 0.2) is 0 Å². The molecule has 0 atom stereocenters. The Kier molecular flexibility index (Phi) is 14.5. The Bertz CT molecular complexity index is 6750. The van der Waals surface area contributed by atoms with Gasteiger partial charge in [-0.05, 0) is 235 Å². The van der Waals surface area contributed by atoms with Crippen LogP contribution in [0.15, 0.2) is 352 Å². The molecule has 106 heavy (non-hydrogen) atoms. The fourth-order valence-electron chi connectivity index (χ4n) is 19.0. The number of rotatable bonds is 7. The lowest BCUT2D eigenvalue weighted by Crippen LogP contribution is -2.14. The molecule has 0 N–H and O–H groups in total. The lowest BCUT2D eigenvalue weighted by atomic mass is 9.80.